The quantitative estimate of drug-likeness (QED) is 0.480. The van der Waals surface area contributed by atoms with Gasteiger partial charge in [-0.25, -0.2) is 0 Å². The Kier molecular flexibility index (Phi) is 2.81. The van der Waals surface area contributed by atoms with E-state index in [0.717, 1.165) is 5.52 Å². The van der Waals surface area contributed by atoms with Gasteiger partial charge in [0.05, 0.1) is 0 Å². The molecule has 1 aromatic heterocycles. The van der Waals surface area contributed by atoms with Gasteiger partial charge >= 0.3 is 6.01 Å². The number of carbonyl (C=O) groups is 1. The molecule has 0 aliphatic carbocycles. The maximum atomic E-state index is 11.9. The Labute approximate surface area is 108 Å². The minimum Gasteiger partial charge on any atom is -0.423 e. The standard InChI is InChI=1S/C12H11N5O2/c13-16-14-6-8-5-11(18)17(7-8)12-15-9-3-1-2-4-10(9)19-12/h1-4,8H,5-7H2. The molecule has 0 bridgehead atoms. The number of hydrogen-bond acceptors (Lipinski definition) is 4. The molecule has 1 aliphatic heterocycles. The van der Waals surface area contributed by atoms with Crippen molar-refractivity contribution in [3.8, 4) is 0 Å². The lowest BCUT2D eigenvalue weighted by molar-refractivity contribution is -0.117. The van der Waals surface area contributed by atoms with E-state index in [1.807, 2.05) is 24.3 Å². The second-order valence-electron chi connectivity index (χ2n) is 4.45. The minimum absolute atomic E-state index is 0.0263. The molecule has 2 heterocycles. The van der Waals surface area contributed by atoms with Crippen molar-refractivity contribution < 1.29 is 9.21 Å². The van der Waals surface area contributed by atoms with E-state index in [1.165, 1.54) is 4.90 Å². The molecule has 7 heteroatoms. The lowest BCUT2D eigenvalue weighted by atomic mass is 10.1. The van der Waals surface area contributed by atoms with Crippen LogP contribution >= 0.6 is 0 Å². The van der Waals surface area contributed by atoms with Gasteiger partial charge in [0.2, 0.25) is 5.91 Å². The molecule has 0 saturated carbocycles. The van der Waals surface area contributed by atoms with Crippen molar-refractivity contribution >= 4 is 23.0 Å². The Morgan fingerprint density at radius 1 is 1.53 bits per heavy atom. The molecule has 0 N–H and O–H groups in total. The number of aromatic nitrogens is 1. The molecule has 1 fully saturated rings. The second-order valence-corrected chi connectivity index (χ2v) is 4.45. The van der Waals surface area contributed by atoms with Crippen LogP contribution in [0.15, 0.2) is 33.8 Å². The van der Waals surface area contributed by atoms with Crippen LogP contribution in [0.5, 0.6) is 0 Å². The molecular weight excluding hydrogens is 246 g/mol. The molecule has 96 valence electrons. The predicted molar refractivity (Wildman–Crippen MR) is 68.5 cm³/mol. The third-order valence-electron chi connectivity index (χ3n) is 3.12. The number of amides is 1. The number of oxazole rings is 1. The fraction of sp³-hybridized carbons (Fsp3) is 0.333. The minimum atomic E-state index is -0.0512. The first-order valence-corrected chi connectivity index (χ1v) is 5.94. The molecule has 0 spiro atoms. The Morgan fingerprint density at radius 2 is 2.37 bits per heavy atom. The molecule has 1 saturated heterocycles. The summed E-state index contributed by atoms with van der Waals surface area (Å²) < 4.78 is 5.57. The maximum Gasteiger partial charge on any atom is 0.305 e. The van der Waals surface area contributed by atoms with Gasteiger partial charge in [-0.15, -0.1) is 0 Å². The molecule has 1 aliphatic rings. The zero-order chi connectivity index (χ0) is 13.2. The Balaban J connectivity index is 1.85. The summed E-state index contributed by atoms with van der Waals surface area (Å²) in [5, 5.41) is 3.51. The summed E-state index contributed by atoms with van der Waals surface area (Å²) in [6.07, 6.45) is 0.359. The molecular formula is C12H11N5O2. The van der Waals surface area contributed by atoms with Gasteiger partial charge in [0.25, 0.3) is 0 Å². The third kappa shape index (κ3) is 2.11. The van der Waals surface area contributed by atoms with Gasteiger partial charge in [0.1, 0.15) is 5.52 Å². The van der Waals surface area contributed by atoms with E-state index in [4.69, 9.17) is 9.95 Å². The largest absolute Gasteiger partial charge is 0.423 e. The average Bonchev–Trinajstić information content (AvgIpc) is 2.99. The van der Waals surface area contributed by atoms with E-state index >= 15 is 0 Å². The summed E-state index contributed by atoms with van der Waals surface area (Å²) >= 11 is 0. The number of hydrogen-bond donors (Lipinski definition) is 0. The van der Waals surface area contributed by atoms with E-state index in [9.17, 15) is 4.79 Å². The van der Waals surface area contributed by atoms with Crippen LogP contribution in [0.2, 0.25) is 0 Å². The number of benzene rings is 1. The third-order valence-corrected chi connectivity index (χ3v) is 3.12. The van der Waals surface area contributed by atoms with E-state index in [2.05, 4.69) is 15.0 Å². The van der Waals surface area contributed by atoms with E-state index < -0.39 is 0 Å². The first-order chi connectivity index (χ1) is 9.28. The number of para-hydroxylation sites is 2. The number of azide groups is 1. The molecule has 2 aromatic rings. The number of anilines is 1. The first kappa shape index (κ1) is 11.6. The topological polar surface area (TPSA) is 95.1 Å². The van der Waals surface area contributed by atoms with Gasteiger partial charge in [-0.2, -0.15) is 4.98 Å². The normalized spacial score (nSPS) is 18.8. The average molecular weight is 257 g/mol. The molecule has 1 atom stereocenters. The maximum absolute atomic E-state index is 11.9. The van der Waals surface area contributed by atoms with Crippen LogP contribution in [0.4, 0.5) is 6.01 Å². The van der Waals surface area contributed by atoms with Gasteiger partial charge in [0, 0.05) is 24.4 Å². The SMILES string of the molecule is [N-]=[N+]=NCC1CC(=O)N(c2nc3ccccc3o2)C1. The summed E-state index contributed by atoms with van der Waals surface area (Å²) in [6, 6.07) is 7.68. The zero-order valence-electron chi connectivity index (χ0n) is 10.1. The molecule has 1 unspecified atom stereocenters. The Hall–Kier alpha value is -2.53. The van der Waals surface area contributed by atoms with Crippen molar-refractivity contribution in [2.45, 2.75) is 6.42 Å². The summed E-state index contributed by atoms with van der Waals surface area (Å²) in [7, 11) is 0. The Bertz CT molecular complexity index is 641. The van der Waals surface area contributed by atoms with Crippen LogP contribution in [-0.2, 0) is 4.79 Å². The summed E-state index contributed by atoms with van der Waals surface area (Å²) in [4.78, 5) is 20.4. The van der Waals surface area contributed by atoms with E-state index in [0.29, 0.717) is 31.1 Å². The van der Waals surface area contributed by atoms with Crippen LogP contribution < -0.4 is 4.90 Å². The van der Waals surface area contributed by atoms with Gasteiger partial charge in [-0.05, 0) is 23.6 Å². The number of rotatable bonds is 3. The number of nitrogens with zero attached hydrogens (tertiary/aromatic N) is 5. The van der Waals surface area contributed by atoms with Crippen LogP contribution in [0.1, 0.15) is 6.42 Å². The van der Waals surface area contributed by atoms with Crippen molar-refractivity contribution in [2.75, 3.05) is 18.0 Å². The van der Waals surface area contributed by atoms with Crippen molar-refractivity contribution in [1.29, 1.82) is 0 Å². The summed E-state index contributed by atoms with van der Waals surface area (Å²) in [5.74, 6) is -0.0249. The van der Waals surface area contributed by atoms with Crippen molar-refractivity contribution in [1.82, 2.24) is 4.98 Å². The molecule has 19 heavy (non-hydrogen) atoms. The predicted octanol–water partition coefficient (Wildman–Crippen LogP) is 2.49. The molecule has 1 aromatic carbocycles. The lowest BCUT2D eigenvalue weighted by Crippen LogP contribution is -2.25. The monoisotopic (exact) mass is 257 g/mol. The number of fused-ring (bicyclic) bond motifs is 1. The highest BCUT2D eigenvalue weighted by Crippen LogP contribution is 2.27. The van der Waals surface area contributed by atoms with Crippen LogP contribution in [0.3, 0.4) is 0 Å². The zero-order valence-corrected chi connectivity index (χ0v) is 10.1. The smallest absolute Gasteiger partial charge is 0.305 e. The first-order valence-electron chi connectivity index (χ1n) is 5.94. The highest BCUT2D eigenvalue weighted by Gasteiger charge is 2.32. The van der Waals surface area contributed by atoms with Crippen LogP contribution in [-0.4, -0.2) is 24.0 Å². The van der Waals surface area contributed by atoms with Gasteiger partial charge in [-0.1, -0.05) is 17.2 Å². The van der Waals surface area contributed by atoms with E-state index in [-0.39, 0.29) is 11.8 Å². The van der Waals surface area contributed by atoms with Gasteiger partial charge in [-0.3, -0.25) is 9.69 Å². The highest BCUT2D eigenvalue weighted by molar-refractivity contribution is 5.94. The fourth-order valence-corrected chi connectivity index (χ4v) is 2.22. The van der Waals surface area contributed by atoms with Crippen molar-refractivity contribution in [3.63, 3.8) is 0 Å². The fourth-order valence-electron chi connectivity index (χ4n) is 2.22. The lowest BCUT2D eigenvalue weighted by Gasteiger charge is -2.10. The van der Waals surface area contributed by atoms with Gasteiger partial charge in [0.15, 0.2) is 5.58 Å². The summed E-state index contributed by atoms with van der Waals surface area (Å²) in [6.45, 7) is 0.795. The van der Waals surface area contributed by atoms with E-state index in [1.54, 1.807) is 0 Å². The van der Waals surface area contributed by atoms with Crippen LogP contribution in [0.25, 0.3) is 21.5 Å². The van der Waals surface area contributed by atoms with Crippen molar-refractivity contribution in [2.24, 2.45) is 11.0 Å². The highest BCUT2D eigenvalue weighted by atomic mass is 16.4. The molecule has 0 radical (unpaired) electrons. The molecule has 3 rings (SSSR count). The second kappa shape index (κ2) is 4.62. The van der Waals surface area contributed by atoms with Crippen LogP contribution in [0, 0.1) is 5.92 Å². The van der Waals surface area contributed by atoms with Crippen molar-refractivity contribution in [3.05, 3.63) is 34.7 Å². The molecule has 7 nitrogen and oxygen atoms in total. The summed E-state index contributed by atoms with van der Waals surface area (Å²) in [5.41, 5.74) is 9.68. The Morgan fingerprint density at radius 3 is 3.16 bits per heavy atom. The number of carbonyl (C=O) groups excluding carboxylic acids is 1. The molecule has 1 amide bonds. The van der Waals surface area contributed by atoms with Gasteiger partial charge < -0.3 is 4.42 Å².